The molecule has 0 aliphatic heterocycles. The van der Waals surface area contributed by atoms with Crippen molar-refractivity contribution in [2.75, 3.05) is 6.61 Å². The maximum absolute atomic E-state index is 8.57. The average molecular weight is 217 g/mol. The molecule has 1 aromatic heterocycles. The molecule has 0 saturated heterocycles. The summed E-state index contributed by atoms with van der Waals surface area (Å²) in [6, 6.07) is 3.77. The molecule has 0 aromatic carbocycles. The van der Waals surface area contributed by atoms with Gasteiger partial charge < -0.3 is 5.11 Å². The molecule has 3 nitrogen and oxygen atoms in total. The topological polar surface area (TPSA) is 46.0 Å². The molecule has 0 amide bonds. The van der Waals surface area contributed by atoms with Crippen molar-refractivity contribution in [2.24, 2.45) is 0 Å². The lowest BCUT2D eigenvalue weighted by atomic mass is 10.3. The van der Waals surface area contributed by atoms with Gasteiger partial charge >= 0.3 is 0 Å². The Morgan fingerprint density at radius 2 is 1.91 bits per heavy atom. The third kappa shape index (κ3) is 2.55. The van der Waals surface area contributed by atoms with Gasteiger partial charge in [0.2, 0.25) is 0 Å². The fourth-order valence-corrected chi connectivity index (χ4v) is 1.01. The first-order valence-electron chi connectivity index (χ1n) is 3.35. The Bertz CT molecular complexity index is 212. The Balaban J connectivity index is 2.66. The van der Waals surface area contributed by atoms with Crippen LogP contribution in [0.25, 0.3) is 0 Å². The SMILES string of the molecule is OCCc1ccc(CBr)nn1. The number of hydrogen-bond acceptors (Lipinski definition) is 3. The molecule has 0 aliphatic rings. The molecule has 11 heavy (non-hydrogen) atoms. The molecular formula is C7H9BrN2O. The lowest BCUT2D eigenvalue weighted by molar-refractivity contribution is 0.297. The molecule has 1 heterocycles. The van der Waals surface area contributed by atoms with Crippen LogP contribution in [-0.4, -0.2) is 21.9 Å². The Labute approximate surface area is 73.6 Å². The van der Waals surface area contributed by atoms with Crippen molar-refractivity contribution in [1.82, 2.24) is 10.2 Å². The maximum Gasteiger partial charge on any atom is 0.0736 e. The molecule has 0 fully saturated rings. The summed E-state index contributed by atoms with van der Waals surface area (Å²) in [6.07, 6.45) is 0.579. The van der Waals surface area contributed by atoms with E-state index in [2.05, 4.69) is 26.1 Å². The molecule has 60 valence electrons. The van der Waals surface area contributed by atoms with E-state index in [0.29, 0.717) is 6.42 Å². The number of nitrogens with zero attached hydrogens (tertiary/aromatic N) is 2. The van der Waals surface area contributed by atoms with E-state index in [9.17, 15) is 0 Å². The fourth-order valence-electron chi connectivity index (χ4n) is 0.707. The highest BCUT2D eigenvalue weighted by Crippen LogP contribution is 2.01. The van der Waals surface area contributed by atoms with Crippen molar-refractivity contribution >= 4 is 15.9 Å². The van der Waals surface area contributed by atoms with E-state index in [1.54, 1.807) is 0 Å². The first-order valence-corrected chi connectivity index (χ1v) is 4.47. The van der Waals surface area contributed by atoms with Crippen LogP contribution < -0.4 is 0 Å². The number of aliphatic hydroxyl groups excluding tert-OH is 1. The van der Waals surface area contributed by atoms with Crippen LogP contribution in [0.15, 0.2) is 12.1 Å². The summed E-state index contributed by atoms with van der Waals surface area (Å²) in [4.78, 5) is 0. The first-order chi connectivity index (χ1) is 5.36. The van der Waals surface area contributed by atoms with Gasteiger partial charge in [0.05, 0.1) is 11.4 Å². The van der Waals surface area contributed by atoms with Crippen molar-refractivity contribution in [1.29, 1.82) is 0 Å². The zero-order chi connectivity index (χ0) is 8.10. The Morgan fingerprint density at radius 3 is 2.36 bits per heavy atom. The van der Waals surface area contributed by atoms with Crippen LogP contribution in [0.5, 0.6) is 0 Å². The van der Waals surface area contributed by atoms with Crippen LogP contribution in [0, 0.1) is 0 Å². The van der Waals surface area contributed by atoms with Gasteiger partial charge in [-0.3, -0.25) is 0 Å². The summed E-state index contributed by atoms with van der Waals surface area (Å²) in [5, 5.41) is 17.1. The van der Waals surface area contributed by atoms with Gasteiger partial charge in [0.1, 0.15) is 0 Å². The highest BCUT2D eigenvalue weighted by molar-refractivity contribution is 9.08. The normalized spacial score (nSPS) is 10.0. The molecule has 0 spiro atoms. The summed E-state index contributed by atoms with van der Waals surface area (Å²) in [5.74, 6) is 0. The highest BCUT2D eigenvalue weighted by Gasteiger charge is 1.94. The summed E-state index contributed by atoms with van der Waals surface area (Å²) >= 11 is 3.27. The van der Waals surface area contributed by atoms with Crippen LogP contribution in [0.4, 0.5) is 0 Å². The van der Waals surface area contributed by atoms with Crippen LogP contribution in [0.3, 0.4) is 0 Å². The van der Waals surface area contributed by atoms with Crippen LogP contribution >= 0.6 is 15.9 Å². The van der Waals surface area contributed by atoms with Crippen molar-refractivity contribution in [3.05, 3.63) is 23.5 Å². The molecular weight excluding hydrogens is 208 g/mol. The zero-order valence-electron chi connectivity index (χ0n) is 6.00. The smallest absolute Gasteiger partial charge is 0.0736 e. The van der Waals surface area contributed by atoms with Gasteiger partial charge in [0.15, 0.2) is 0 Å². The highest BCUT2D eigenvalue weighted by atomic mass is 79.9. The first kappa shape index (κ1) is 8.62. The molecule has 1 N–H and O–H groups in total. The van der Waals surface area contributed by atoms with Crippen molar-refractivity contribution in [2.45, 2.75) is 11.8 Å². The Morgan fingerprint density at radius 1 is 1.27 bits per heavy atom. The van der Waals surface area contributed by atoms with Crippen LogP contribution in [0.2, 0.25) is 0 Å². The Hall–Kier alpha value is -0.480. The quantitative estimate of drug-likeness (QED) is 0.765. The van der Waals surface area contributed by atoms with E-state index in [1.807, 2.05) is 12.1 Å². The zero-order valence-corrected chi connectivity index (χ0v) is 7.58. The molecule has 0 bridgehead atoms. The van der Waals surface area contributed by atoms with Crippen molar-refractivity contribution in [3.8, 4) is 0 Å². The van der Waals surface area contributed by atoms with Gasteiger partial charge in [-0.1, -0.05) is 15.9 Å². The third-order valence-corrected chi connectivity index (χ3v) is 1.85. The van der Waals surface area contributed by atoms with Gasteiger partial charge in [0, 0.05) is 18.4 Å². The molecule has 0 atom stereocenters. The van der Waals surface area contributed by atoms with E-state index in [4.69, 9.17) is 5.11 Å². The van der Waals surface area contributed by atoms with E-state index in [0.717, 1.165) is 16.7 Å². The largest absolute Gasteiger partial charge is 0.396 e. The lowest BCUT2D eigenvalue weighted by Crippen LogP contribution is -1.97. The molecule has 0 radical (unpaired) electrons. The second-order valence-corrected chi connectivity index (χ2v) is 2.68. The number of aliphatic hydroxyl groups is 1. The summed E-state index contributed by atoms with van der Waals surface area (Å²) < 4.78 is 0. The summed E-state index contributed by atoms with van der Waals surface area (Å²) in [7, 11) is 0. The number of alkyl halides is 1. The van der Waals surface area contributed by atoms with Gasteiger partial charge in [-0.15, -0.1) is 0 Å². The van der Waals surface area contributed by atoms with Crippen molar-refractivity contribution < 1.29 is 5.11 Å². The van der Waals surface area contributed by atoms with Gasteiger partial charge in [-0.25, -0.2) is 0 Å². The van der Waals surface area contributed by atoms with Crippen LogP contribution in [-0.2, 0) is 11.8 Å². The van der Waals surface area contributed by atoms with Gasteiger partial charge in [0.25, 0.3) is 0 Å². The van der Waals surface area contributed by atoms with E-state index < -0.39 is 0 Å². The third-order valence-electron chi connectivity index (χ3n) is 1.28. The lowest BCUT2D eigenvalue weighted by Gasteiger charge is -1.96. The van der Waals surface area contributed by atoms with Gasteiger partial charge in [-0.2, -0.15) is 10.2 Å². The average Bonchev–Trinajstić information content (AvgIpc) is 2.07. The van der Waals surface area contributed by atoms with Gasteiger partial charge in [-0.05, 0) is 12.1 Å². The number of halogens is 1. The van der Waals surface area contributed by atoms with Crippen molar-refractivity contribution in [3.63, 3.8) is 0 Å². The second-order valence-electron chi connectivity index (χ2n) is 2.12. The standard InChI is InChI=1S/C7H9BrN2O/c8-5-7-2-1-6(3-4-11)9-10-7/h1-2,11H,3-5H2. The predicted molar refractivity (Wildman–Crippen MR) is 45.5 cm³/mol. The second kappa shape index (κ2) is 4.41. The molecule has 4 heteroatoms. The minimum absolute atomic E-state index is 0.127. The molecule has 0 saturated carbocycles. The van der Waals surface area contributed by atoms with E-state index in [-0.39, 0.29) is 6.61 Å². The monoisotopic (exact) mass is 216 g/mol. The predicted octanol–water partition coefficient (Wildman–Crippen LogP) is 0.906. The van der Waals surface area contributed by atoms with Crippen LogP contribution in [0.1, 0.15) is 11.4 Å². The molecule has 1 rings (SSSR count). The molecule has 0 unspecified atom stereocenters. The summed E-state index contributed by atoms with van der Waals surface area (Å²) in [6.45, 7) is 0.127. The molecule has 0 aliphatic carbocycles. The Kier molecular flexibility index (Phi) is 3.45. The number of hydrogen-bond donors (Lipinski definition) is 1. The number of aromatic nitrogens is 2. The fraction of sp³-hybridized carbons (Fsp3) is 0.429. The minimum atomic E-state index is 0.127. The minimum Gasteiger partial charge on any atom is -0.396 e. The maximum atomic E-state index is 8.57. The molecule has 1 aromatic rings. The van der Waals surface area contributed by atoms with E-state index in [1.165, 1.54) is 0 Å². The number of rotatable bonds is 3. The summed E-state index contributed by atoms with van der Waals surface area (Å²) in [5.41, 5.74) is 1.74. The van der Waals surface area contributed by atoms with E-state index >= 15 is 0 Å².